The van der Waals surface area contributed by atoms with Crippen molar-refractivity contribution >= 4 is 39.0 Å². The first-order valence-electron chi connectivity index (χ1n) is 9.30. The van der Waals surface area contributed by atoms with Gasteiger partial charge >= 0.3 is 5.97 Å². The molecule has 2 aromatic carbocycles. The first kappa shape index (κ1) is 18.5. The molecule has 0 radical (unpaired) electrons. The molecule has 0 saturated carbocycles. The Kier molecular flexibility index (Phi) is 5.05. The lowest BCUT2D eigenvalue weighted by Gasteiger charge is -2.40. The molecule has 0 spiro atoms. The molecule has 28 heavy (non-hydrogen) atoms. The Bertz CT molecular complexity index is 1020. The molecule has 5 nitrogen and oxygen atoms in total. The molecule has 1 fully saturated rings. The largest absolute Gasteiger partial charge is 0.465 e. The van der Waals surface area contributed by atoms with Crippen LogP contribution in [0, 0.1) is 0 Å². The average molecular weight is 394 g/mol. The van der Waals surface area contributed by atoms with Gasteiger partial charge < -0.3 is 14.5 Å². The van der Waals surface area contributed by atoms with Gasteiger partial charge in [-0.25, -0.2) is 4.79 Å². The number of nitrogens with zero attached hydrogens (tertiary/aromatic N) is 2. The molecule has 6 heteroatoms. The standard InChI is InChI=1S/C22H22N2O3S/c1-15-14-23(16-7-4-3-5-8-16)11-12-24(15)21(25)20-13-18-17(22(26)27-2)9-6-10-19(18)28-20/h3-10,13,15H,11-12,14H2,1-2H3. The van der Waals surface area contributed by atoms with Gasteiger partial charge in [0.1, 0.15) is 0 Å². The molecular formula is C22H22N2O3S. The Hall–Kier alpha value is -2.86. The summed E-state index contributed by atoms with van der Waals surface area (Å²) in [6.45, 7) is 4.36. The highest BCUT2D eigenvalue weighted by Crippen LogP contribution is 2.31. The number of hydrogen-bond donors (Lipinski definition) is 0. The van der Waals surface area contributed by atoms with Gasteiger partial charge in [0.15, 0.2) is 0 Å². The molecule has 1 aliphatic rings. The van der Waals surface area contributed by atoms with Gasteiger partial charge in [0.25, 0.3) is 5.91 Å². The van der Waals surface area contributed by atoms with Crippen molar-refractivity contribution in [3.05, 3.63) is 65.0 Å². The van der Waals surface area contributed by atoms with Crippen molar-refractivity contribution in [1.29, 1.82) is 0 Å². The van der Waals surface area contributed by atoms with Crippen LogP contribution in [0.3, 0.4) is 0 Å². The first-order chi connectivity index (χ1) is 13.6. The van der Waals surface area contributed by atoms with E-state index in [1.54, 1.807) is 6.07 Å². The maximum Gasteiger partial charge on any atom is 0.338 e. The lowest BCUT2D eigenvalue weighted by molar-refractivity contribution is 0.0601. The van der Waals surface area contributed by atoms with E-state index in [1.807, 2.05) is 41.3 Å². The fourth-order valence-electron chi connectivity index (χ4n) is 3.73. The molecule has 1 amide bonds. The number of amides is 1. The van der Waals surface area contributed by atoms with Crippen LogP contribution in [0.2, 0.25) is 0 Å². The number of thiophene rings is 1. The summed E-state index contributed by atoms with van der Waals surface area (Å²) in [5.74, 6) is -0.357. The van der Waals surface area contributed by atoms with Crippen molar-refractivity contribution in [3.8, 4) is 0 Å². The second-order valence-electron chi connectivity index (χ2n) is 6.95. The highest BCUT2D eigenvalue weighted by Gasteiger charge is 2.29. The van der Waals surface area contributed by atoms with E-state index in [1.165, 1.54) is 24.1 Å². The van der Waals surface area contributed by atoms with Crippen LogP contribution in [-0.4, -0.2) is 49.6 Å². The molecule has 0 bridgehead atoms. The Morgan fingerprint density at radius 3 is 2.57 bits per heavy atom. The molecular weight excluding hydrogens is 372 g/mol. The molecule has 1 saturated heterocycles. The fraction of sp³-hybridized carbons (Fsp3) is 0.273. The Balaban J connectivity index is 1.56. The summed E-state index contributed by atoms with van der Waals surface area (Å²) >= 11 is 1.43. The minimum absolute atomic E-state index is 0.0252. The van der Waals surface area contributed by atoms with Crippen molar-refractivity contribution in [3.63, 3.8) is 0 Å². The average Bonchev–Trinajstić information content (AvgIpc) is 3.17. The van der Waals surface area contributed by atoms with Gasteiger partial charge in [-0.2, -0.15) is 0 Å². The van der Waals surface area contributed by atoms with Crippen molar-refractivity contribution in [2.24, 2.45) is 0 Å². The molecule has 1 atom stereocenters. The number of carbonyl (C=O) groups excluding carboxylic acids is 2. The summed E-state index contributed by atoms with van der Waals surface area (Å²) in [5, 5.41) is 0.776. The van der Waals surface area contributed by atoms with Gasteiger partial charge in [-0.15, -0.1) is 11.3 Å². The number of esters is 1. The molecule has 2 heterocycles. The quantitative estimate of drug-likeness (QED) is 0.629. The van der Waals surface area contributed by atoms with Crippen LogP contribution in [0.25, 0.3) is 10.1 Å². The normalized spacial score (nSPS) is 17.0. The molecule has 0 aliphatic carbocycles. The molecule has 1 aromatic heterocycles. The van der Waals surface area contributed by atoms with E-state index < -0.39 is 0 Å². The number of methoxy groups -OCH3 is 1. The maximum absolute atomic E-state index is 13.2. The van der Waals surface area contributed by atoms with E-state index in [9.17, 15) is 9.59 Å². The van der Waals surface area contributed by atoms with Gasteiger partial charge in [-0.05, 0) is 37.3 Å². The maximum atomic E-state index is 13.2. The summed E-state index contributed by atoms with van der Waals surface area (Å²) in [6, 6.07) is 17.7. The van der Waals surface area contributed by atoms with Crippen LogP contribution < -0.4 is 4.90 Å². The summed E-state index contributed by atoms with van der Waals surface area (Å²) in [7, 11) is 1.37. The molecule has 4 rings (SSSR count). The minimum Gasteiger partial charge on any atom is -0.465 e. The van der Waals surface area contributed by atoms with Crippen LogP contribution >= 0.6 is 11.3 Å². The number of anilines is 1. The number of ether oxygens (including phenoxy) is 1. The third-order valence-electron chi connectivity index (χ3n) is 5.19. The SMILES string of the molecule is COC(=O)c1cccc2sc(C(=O)N3CCN(c4ccccc4)CC3C)cc12. The lowest BCUT2D eigenvalue weighted by Crippen LogP contribution is -2.54. The topological polar surface area (TPSA) is 49.9 Å². The van der Waals surface area contributed by atoms with E-state index in [0.717, 1.165) is 23.2 Å². The number of rotatable bonds is 3. The summed E-state index contributed by atoms with van der Waals surface area (Å²) in [4.78, 5) is 30.1. The lowest BCUT2D eigenvalue weighted by atomic mass is 10.1. The predicted molar refractivity (Wildman–Crippen MR) is 112 cm³/mol. The summed E-state index contributed by atoms with van der Waals surface area (Å²) < 4.78 is 5.78. The molecule has 144 valence electrons. The van der Waals surface area contributed by atoms with Crippen molar-refractivity contribution in [2.45, 2.75) is 13.0 Å². The number of benzene rings is 2. The third kappa shape index (κ3) is 3.36. The zero-order valence-electron chi connectivity index (χ0n) is 15.9. The third-order valence-corrected chi connectivity index (χ3v) is 6.28. The van der Waals surface area contributed by atoms with Crippen LogP contribution in [-0.2, 0) is 4.74 Å². The highest BCUT2D eigenvalue weighted by atomic mass is 32.1. The number of para-hydroxylation sites is 1. The Morgan fingerprint density at radius 1 is 1.07 bits per heavy atom. The van der Waals surface area contributed by atoms with E-state index in [-0.39, 0.29) is 17.9 Å². The zero-order valence-corrected chi connectivity index (χ0v) is 16.7. The van der Waals surface area contributed by atoms with Gasteiger partial charge in [-0.3, -0.25) is 4.79 Å². The summed E-state index contributed by atoms with van der Waals surface area (Å²) in [6.07, 6.45) is 0. The van der Waals surface area contributed by atoms with Gasteiger partial charge in [-0.1, -0.05) is 24.3 Å². The zero-order chi connectivity index (χ0) is 19.7. The number of hydrogen-bond acceptors (Lipinski definition) is 5. The fourth-order valence-corrected chi connectivity index (χ4v) is 4.77. The van der Waals surface area contributed by atoms with Gasteiger partial charge in [0, 0.05) is 41.4 Å². The highest BCUT2D eigenvalue weighted by molar-refractivity contribution is 7.20. The van der Waals surface area contributed by atoms with Crippen molar-refractivity contribution in [2.75, 3.05) is 31.6 Å². The van der Waals surface area contributed by atoms with Crippen LogP contribution in [0.15, 0.2) is 54.6 Å². The van der Waals surface area contributed by atoms with Crippen molar-refractivity contribution in [1.82, 2.24) is 4.90 Å². The molecule has 1 unspecified atom stereocenters. The van der Waals surface area contributed by atoms with E-state index >= 15 is 0 Å². The smallest absolute Gasteiger partial charge is 0.338 e. The number of fused-ring (bicyclic) bond motifs is 1. The Labute approximate surface area is 168 Å². The predicted octanol–water partition coefficient (Wildman–Crippen LogP) is 4.04. The second kappa shape index (κ2) is 7.64. The van der Waals surface area contributed by atoms with Crippen LogP contribution in [0.5, 0.6) is 0 Å². The second-order valence-corrected chi connectivity index (χ2v) is 8.03. The number of carbonyl (C=O) groups is 2. The molecule has 1 aliphatic heterocycles. The minimum atomic E-state index is -0.382. The van der Waals surface area contributed by atoms with Crippen LogP contribution in [0.4, 0.5) is 5.69 Å². The van der Waals surface area contributed by atoms with E-state index in [0.29, 0.717) is 17.0 Å². The monoisotopic (exact) mass is 394 g/mol. The van der Waals surface area contributed by atoms with E-state index in [4.69, 9.17) is 4.74 Å². The van der Waals surface area contributed by atoms with Crippen molar-refractivity contribution < 1.29 is 14.3 Å². The summed E-state index contributed by atoms with van der Waals surface area (Å²) in [5.41, 5.74) is 1.68. The van der Waals surface area contributed by atoms with Crippen LogP contribution in [0.1, 0.15) is 27.0 Å². The first-order valence-corrected chi connectivity index (χ1v) is 10.1. The number of piperazine rings is 1. The molecule has 0 N–H and O–H groups in total. The van der Waals surface area contributed by atoms with E-state index in [2.05, 4.69) is 24.0 Å². The van der Waals surface area contributed by atoms with Gasteiger partial charge in [0.2, 0.25) is 0 Å². The molecule has 3 aromatic rings. The Morgan fingerprint density at radius 2 is 1.86 bits per heavy atom. The van der Waals surface area contributed by atoms with Gasteiger partial charge in [0.05, 0.1) is 17.6 Å².